The van der Waals surface area contributed by atoms with Crippen molar-refractivity contribution in [1.29, 1.82) is 0 Å². The molecule has 0 radical (unpaired) electrons. The highest BCUT2D eigenvalue weighted by atomic mass is 16.4. The molecule has 7 heteroatoms. The Labute approximate surface area is 201 Å². The summed E-state index contributed by atoms with van der Waals surface area (Å²) >= 11 is 0. The molecule has 1 heterocycles. The second kappa shape index (κ2) is 7.90. The van der Waals surface area contributed by atoms with Gasteiger partial charge in [-0.2, -0.15) is 0 Å². The maximum absolute atomic E-state index is 12.3. The van der Waals surface area contributed by atoms with Gasteiger partial charge in [-0.15, -0.1) is 0 Å². The zero-order chi connectivity index (χ0) is 24.5. The number of carbonyl (C=O) groups excluding carboxylic acids is 1. The maximum Gasteiger partial charge on any atom is 0.335 e. The summed E-state index contributed by atoms with van der Waals surface area (Å²) in [5, 5.41) is 27.3. The Morgan fingerprint density at radius 2 is 1.76 bits per heavy atom. The summed E-state index contributed by atoms with van der Waals surface area (Å²) in [6.07, 6.45) is 8.65. The van der Waals surface area contributed by atoms with Crippen LogP contribution in [-0.2, 0) is 4.79 Å². The van der Waals surface area contributed by atoms with Crippen LogP contribution in [0.4, 0.5) is 0 Å². The molecule has 0 saturated heterocycles. The van der Waals surface area contributed by atoms with E-state index in [1.807, 2.05) is 6.07 Å². The third-order valence-electron chi connectivity index (χ3n) is 10.9. The normalized spacial score (nSPS) is 46.6. The number of aliphatic hydroxyl groups is 2. The zero-order valence-corrected chi connectivity index (χ0v) is 20.7. The quantitative estimate of drug-likeness (QED) is 0.536. The van der Waals surface area contributed by atoms with Crippen molar-refractivity contribution in [2.75, 3.05) is 0 Å². The lowest BCUT2D eigenvalue weighted by Gasteiger charge is -2.66. The number of hydrogen-bond donors (Lipinski definition) is 4. The first-order valence-electron chi connectivity index (χ1n) is 13.0. The molecule has 4 aliphatic carbocycles. The lowest BCUT2D eigenvalue weighted by atomic mass is 9.42. The minimum Gasteiger partial charge on any atom is -0.431 e. The number of carbonyl (C=O) groups is 1. The molecular weight excluding hydrogens is 432 g/mol. The summed E-state index contributed by atoms with van der Waals surface area (Å²) in [4.78, 5) is 23.7. The van der Waals surface area contributed by atoms with E-state index >= 15 is 0 Å². The van der Waals surface area contributed by atoms with Crippen molar-refractivity contribution in [2.24, 2.45) is 28.4 Å². The maximum atomic E-state index is 12.3. The summed E-state index contributed by atoms with van der Waals surface area (Å²) in [7, 11) is 0. The molecule has 0 spiro atoms. The molecule has 7 nitrogen and oxygen atoms in total. The SMILES string of the molecule is C[C@@H](N)C(=O)N[C@H]1CC[C@]2(C)[C@H]3CC[C@]4(C)[C@@H](c5ccc(=O)oc5)CC[C@]4(O)[C@@H]3CC[C@]2(O)C1. The van der Waals surface area contributed by atoms with Crippen LogP contribution in [-0.4, -0.2) is 39.4 Å². The Balaban J connectivity index is 1.40. The summed E-state index contributed by atoms with van der Waals surface area (Å²) in [5.41, 5.74) is 4.16. The first-order valence-corrected chi connectivity index (χ1v) is 13.0. The molecule has 0 aromatic carbocycles. The molecule has 0 aliphatic heterocycles. The Bertz CT molecular complexity index is 1000. The van der Waals surface area contributed by atoms with E-state index in [-0.39, 0.29) is 46.2 Å². The van der Waals surface area contributed by atoms with Gasteiger partial charge in [-0.3, -0.25) is 4.79 Å². The van der Waals surface area contributed by atoms with Crippen molar-refractivity contribution < 1.29 is 19.4 Å². The van der Waals surface area contributed by atoms with Gasteiger partial charge in [0.25, 0.3) is 0 Å². The van der Waals surface area contributed by atoms with Gasteiger partial charge in [-0.25, -0.2) is 4.79 Å². The van der Waals surface area contributed by atoms with Crippen LogP contribution in [0.3, 0.4) is 0 Å². The predicted octanol–water partition coefficient (Wildman–Crippen LogP) is 2.83. The highest BCUT2D eigenvalue weighted by molar-refractivity contribution is 5.81. The van der Waals surface area contributed by atoms with Gasteiger partial charge in [0.05, 0.1) is 23.5 Å². The van der Waals surface area contributed by atoms with Gasteiger partial charge in [0, 0.05) is 17.5 Å². The van der Waals surface area contributed by atoms with E-state index < -0.39 is 17.2 Å². The number of amides is 1. The minimum absolute atomic E-state index is 0.0614. The van der Waals surface area contributed by atoms with E-state index in [1.165, 1.54) is 6.07 Å². The van der Waals surface area contributed by atoms with Crippen molar-refractivity contribution in [1.82, 2.24) is 5.32 Å². The number of nitrogens with one attached hydrogen (secondary N) is 1. The highest BCUT2D eigenvalue weighted by Gasteiger charge is 2.69. The molecule has 34 heavy (non-hydrogen) atoms. The zero-order valence-electron chi connectivity index (χ0n) is 20.7. The summed E-state index contributed by atoms with van der Waals surface area (Å²) in [5.74, 6) is 0.359. The monoisotopic (exact) mass is 472 g/mol. The molecule has 5 rings (SSSR count). The van der Waals surface area contributed by atoms with Crippen LogP contribution in [0, 0.1) is 22.7 Å². The number of hydrogen-bond acceptors (Lipinski definition) is 6. The molecule has 0 bridgehead atoms. The standard InChI is InChI=1S/C27H40N2O5/c1-16(28)23(31)29-18-6-10-24(2)20-7-11-25(3)19(17-4-5-22(30)34-15-17)9-13-27(25,33)21(20)8-12-26(24,32)14-18/h4-5,15-16,18-21,32-33H,6-14,28H2,1-3H3,(H,29,31)/t16-,18+,19-,20+,21-,24-,25-,26+,27+/m1/s1. The van der Waals surface area contributed by atoms with Crippen LogP contribution in [0.2, 0.25) is 0 Å². The van der Waals surface area contributed by atoms with Gasteiger partial charge >= 0.3 is 5.63 Å². The van der Waals surface area contributed by atoms with Crippen molar-refractivity contribution in [3.8, 4) is 0 Å². The smallest absolute Gasteiger partial charge is 0.335 e. The van der Waals surface area contributed by atoms with Gasteiger partial charge in [-0.05, 0) is 99.5 Å². The van der Waals surface area contributed by atoms with Crippen molar-refractivity contribution in [3.05, 3.63) is 34.4 Å². The largest absolute Gasteiger partial charge is 0.431 e. The molecular formula is C27H40N2O5. The second-order valence-corrected chi connectivity index (χ2v) is 12.3. The van der Waals surface area contributed by atoms with Gasteiger partial charge in [-0.1, -0.05) is 13.8 Å². The molecule has 1 amide bonds. The Morgan fingerprint density at radius 3 is 2.44 bits per heavy atom. The van der Waals surface area contributed by atoms with Crippen LogP contribution in [0.1, 0.15) is 90.0 Å². The van der Waals surface area contributed by atoms with Crippen LogP contribution in [0.25, 0.3) is 0 Å². The lowest BCUT2D eigenvalue weighted by Crippen LogP contribution is -2.68. The van der Waals surface area contributed by atoms with E-state index in [9.17, 15) is 19.8 Å². The van der Waals surface area contributed by atoms with Crippen molar-refractivity contribution in [3.63, 3.8) is 0 Å². The first kappa shape index (κ1) is 24.0. The fourth-order valence-electron chi connectivity index (χ4n) is 8.78. The Morgan fingerprint density at radius 1 is 1.06 bits per heavy atom. The van der Waals surface area contributed by atoms with Gasteiger partial charge in [0.15, 0.2) is 0 Å². The molecule has 4 saturated carbocycles. The third-order valence-corrected chi connectivity index (χ3v) is 10.9. The van der Waals surface area contributed by atoms with E-state index in [0.29, 0.717) is 12.8 Å². The molecule has 9 atom stereocenters. The Hall–Kier alpha value is -1.70. The van der Waals surface area contributed by atoms with Gasteiger partial charge in [0.2, 0.25) is 5.91 Å². The molecule has 188 valence electrons. The molecule has 4 aliphatic rings. The molecule has 0 unspecified atom stereocenters. The summed E-state index contributed by atoms with van der Waals surface area (Å²) in [6, 6.07) is 2.72. The fraction of sp³-hybridized carbons (Fsp3) is 0.778. The molecule has 1 aromatic heterocycles. The lowest BCUT2D eigenvalue weighted by molar-refractivity contribution is -0.247. The van der Waals surface area contributed by atoms with E-state index in [2.05, 4.69) is 19.2 Å². The highest BCUT2D eigenvalue weighted by Crippen LogP contribution is 2.71. The number of rotatable bonds is 3. The van der Waals surface area contributed by atoms with Gasteiger partial charge in [0.1, 0.15) is 0 Å². The fourth-order valence-corrected chi connectivity index (χ4v) is 8.78. The van der Waals surface area contributed by atoms with Crippen molar-refractivity contribution >= 4 is 5.91 Å². The molecule has 4 fully saturated rings. The average Bonchev–Trinajstić information content (AvgIpc) is 3.06. The van der Waals surface area contributed by atoms with Crippen LogP contribution >= 0.6 is 0 Å². The summed E-state index contributed by atoms with van der Waals surface area (Å²) in [6.45, 7) is 6.12. The molecule has 1 aromatic rings. The van der Waals surface area contributed by atoms with E-state index in [1.54, 1.807) is 13.2 Å². The van der Waals surface area contributed by atoms with E-state index in [4.69, 9.17) is 10.2 Å². The number of fused-ring (bicyclic) bond motifs is 5. The topological polar surface area (TPSA) is 126 Å². The molecule has 5 N–H and O–H groups in total. The van der Waals surface area contributed by atoms with E-state index in [0.717, 1.165) is 50.5 Å². The minimum atomic E-state index is -0.854. The average molecular weight is 473 g/mol. The first-order chi connectivity index (χ1) is 15.9. The number of nitrogens with two attached hydrogens (primary N) is 1. The van der Waals surface area contributed by atoms with Crippen molar-refractivity contribution in [2.45, 2.75) is 108 Å². The van der Waals surface area contributed by atoms with Crippen LogP contribution in [0.5, 0.6) is 0 Å². The second-order valence-electron chi connectivity index (χ2n) is 12.3. The van der Waals surface area contributed by atoms with Crippen LogP contribution in [0.15, 0.2) is 27.6 Å². The van der Waals surface area contributed by atoms with Gasteiger partial charge < -0.3 is 25.7 Å². The van der Waals surface area contributed by atoms with Crippen LogP contribution < -0.4 is 16.7 Å². The summed E-state index contributed by atoms with van der Waals surface area (Å²) < 4.78 is 5.18. The third kappa shape index (κ3) is 3.26. The predicted molar refractivity (Wildman–Crippen MR) is 128 cm³/mol. The Kier molecular flexibility index (Phi) is 5.58.